The molecule has 0 saturated carbocycles. The van der Waals surface area contributed by atoms with Gasteiger partial charge in [0.25, 0.3) is 0 Å². The molecular weight excluding hydrogens is 254 g/mol. The fourth-order valence-electron chi connectivity index (χ4n) is 2.16. The van der Waals surface area contributed by atoms with Crippen molar-refractivity contribution in [1.29, 1.82) is 0 Å². The van der Waals surface area contributed by atoms with E-state index in [9.17, 15) is 4.79 Å². The summed E-state index contributed by atoms with van der Waals surface area (Å²) in [6, 6.07) is 5.97. The summed E-state index contributed by atoms with van der Waals surface area (Å²) < 4.78 is 11.4. The van der Waals surface area contributed by atoms with Crippen molar-refractivity contribution in [2.24, 2.45) is 0 Å². The van der Waals surface area contributed by atoms with Gasteiger partial charge in [0, 0.05) is 18.7 Å². The first-order chi connectivity index (χ1) is 9.69. The second-order valence-corrected chi connectivity index (χ2v) is 4.98. The van der Waals surface area contributed by atoms with E-state index in [1.165, 1.54) is 6.08 Å². The highest BCUT2D eigenvalue weighted by molar-refractivity contribution is 5.86. The Hall–Kier alpha value is -1.81. The second-order valence-electron chi connectivity index (χ2n) is 4.98. The molecule has 1 unspecified atom stereocenters. The number of benzene rings is 1. The molecule has 1 aromatic rings. The summed E-state index contributed by atoms with van der Waals surface area (Å²) >= 11 is 0. The van der Waals surface area contributed by atoms with Crippen LogP contribution in [0.4, 0.5) is 0 Å². The topological polar surface area (TPSA) is 47.6 Å². The van der Waals surface area contributed by atoms with Crippen LogP contribution in [0.3, 0.4) is 0 Å². The van der Waals surface area contributed by atoms with Crippen molar-refractivity contribution in [2.75, 3.05) is 13.2 Å². The first kappa shape index (κ1) is 14.6. The van der Waals surface area contributed by atoms with Crippen molar-refractivity contribution in [3.8, 4) is 5.75 Å². The molecular formula is C16H21NO3. The molecule has 2 rings (SSSR count). The van der Waals surface area contributed by atoms with Crippen molar-refractivity contribution in [3.05, 3.63) is 42.0 Å². The molecule has 1 heterocycles. The molecule has 108 valence electrons. The highest BCUT2D eigenvalue weighted by Gasteiger charge is 2.16. The van der Waals surface area contributed by atoms with E-state index < -0.39 is 0 Å². The molecule has 0 aliphatic carbocycles. The SMILES string of the molecule is C=CC(=O)NCc1ccc(C)cc1OCC1CCCO1. The van der Waals surface area contributed by atoms with Crippen molar-refractivity contribution < 1.29 is 14.3 Å². The first-order valence-corrected chi connectivity index (χ1v) is 6.93. The number of carbonyl (C=O) groups excluding carboxylic acids is 1. The van der Waals surface area contributed by atoms with E-state index in [0.29, 0.717) is 13.2 Å². The van der Waals surface area contributed by atoms with Crippen LogP contribution in [-0.2, 0) is 16.1 Å². The van der Waals surface area contributed by atoms with Crippen LogP contribution in [0.25, 0.3) is 0 Å². The first-order valence-electron chi connectivity index (χ1n) is 6.93. The zero-order valence-corrected chi connectivity index (χ0v) is 11.9. The highest BCUT2D eigenvalue weighted by Crippen LogP contribution is 2.22. The van der Waals surface area contributed by atoms with Crippen LogP contribution in [0.2, 0.25) is 0 Å². The largest absolute Gasteiger partial charge is 0.491 e. The fraction of sp³-hybridized carbons (Fsp3) is 0.438. The van der Waals surface area contributed by atoms with Gasteiger partial charge in [0.15, 0.2) is 0 Å². The zero-order valence-electron chi connectivity index (χ0n) is 11.9. The van der Waals surface area contributed by atoms with Gasteiger partial charge in [-0.1, -0.05) is 18.7 Å². The van der Waals surface area contributed by atoms with Crippen molar-refractivity contribution >= 4 is 5.91 Å². The monoisotopic (exact) mass is 275 g/mol. The summed E-state index contributed by atoms with van der Waals surface area (Å²) in [5, 5.41) is 2.77. The standard InChI is InChI=1S/C16H21NO3/c1-3-16(18)17-10-13-7-6-12(2)9-15(13)20-11-14-5-4-8-19-14/h3,6-7,9,14H,1,4-5,8,10-11H2,2H3,(H,17,18). The lowest BCUT2D eigenvalue weighted by molar-refractivity contribution is -0.116. The molecule has 1 aliphatic rings. The van der Waals surface area contributed by atoms with Gasteiger partial charge in [0.1, 0.15) is 12.4 Å². The Morgan fingerprint density at radius 3 is 3.15 bits per heavy atom. The average molecular weight is 275 g/mol. The van der Waals surface area contributed by atoms with Crippen LogP contribution >= 0.6 is 0 Å². The third-order valence-corrected chi connectivity index (χ3v) is 3.31. The smallest absolute Gasteiger partial charge is 0.243 e. The number of rotatable bonds is 6. The molecule has 1 N–H and O–H groups in total. The Kier molecular flexibility index (Phi) is 5.18. The highest BCUT2D eigenvalue weighted by atomic mass is 16.5. The van der Waals surface area contributed by atoms with Gasteiger partial charge in [-0.3, -0.25) is 4.79 Å². The van der Waals surface area contributed by atoms with Crippen LogP contribution in [0.15, 0.2) is 30.9 Å². The van der Waals surface area contributed by atoms with E-state index >= 15 is 0 Å². The van der Waals surface area contributed by atoms with Crippen LogP contribution in [0.5, 0.6) is 5.75 Å². The molecule has 1 aromatic carbocycles. The molecule has 4 heteroatoms. The minimum Gasteiger partial charge on any atom is -0.491 e. The second kappa shape index (κ2) is 7.10. The van der Waals surface area contributed by atoms with Gasteiger partial charge in [-0.2, -0.15) is 0 Å². The van der Waals surface area contributed by atoms with E-state index in [2.05, 4.69) is 11.9 Å². The maximum absolute atomic E-state index is 11.2. The number of aryl methyl sites for hydroxylation is 1. The molecule has 4 nitrogen and oxygen atoms in total. The summed E-state index contributed by atoms with van der Waals surface area (Å²) in [7, 11) is 0. The Morgan fingerprint density at radius 1 is 1.60 bits per heavy atom. The molecule has 0 bridgehead atoms. The van der Waals surface area contributed by atoms with E-state index in [-0.39, 0.29) is 12.0 Å². The van der Waals surface area contributed by atoms with E-state index in [1.54, 1.807) is 0 Å². The van der Waals surface area contributed by atoms with Crippen LogP contribution < -0.4 is 10.1 Å². The fourth-order valence-corrected chi connectivity index (χ4v) is 2.16. The van der Waals surface area contributed by atoms with Crippen LogP contribution in [-0.4, -0.2) is 25.2 Å². The van der Waals surface area contributed by atoms with Gasteiger partial charge in [-0.05, 0) is 37.5 Å². The van der Waals surface area contributed by atoms with Gasteiger partial charge >= 0.3 is 0 Å². The third-order valence-electron chi connectivity index (χ3n) is 3.31. The Bertz CT molecular complexity index is 479. The normalized spacial score (nSPS) is 17.8. The lowest BCUT2D eigenvalue weighted by atomic mass is 10.1. The molecule has 20 heavy (non-hydrogen) atoms. The number of carbonyl (C=O) groups is 1. The Morgan fingerprint density at radius 2 is 2.45 bits per heavy atom. The van der Waals surface area contributed by atoms with E-state index in [4.69, 9.17) is 9.47 Å². The van der Waals surface area contributed by atoms with E-state index in [1.807, 2.05) is 25.1 Å². The number of ether oxygens (including phenoxy) is 2. The summed E-state index contributed by atoms with van der Waals surface area (Å²) in [4.78, 5) is 11.2. The van der Waals surface area contributed by atoms with Gasteiger partial charge < -0.3 is 14.8 Å². The predicted molar refractivity (Wildman–Crippen MR) is 77.7 cm³/mol. The van der Waals surface area contributed by atoms with Crippen LogP contribution in [0, 0.1) is 6.92 Å². The van der Waals surface area contributed by atoms with Gasteiger partial charge in [0.05, 0.1) is 6.10 Å². The van der Waals surface area contributed by atoms with Crippen molar-refractivity contribution in [3.63, 3.8) is 0 Å². The minimum atomic E-state index is -0.185. The number of amides is 1. The number of hydrogen-bond donors (Lipinski definition) is 1. The molecule has 0 radical (unpaired) electrons. The molecule has 1 amide bonds. The minimum absolute atomic E-state index is 0.185. The lowest BCUT2D eigenvalue weighted by Gasteiger charge is -2.15. The average Bonchev–Trinajstić information content (AvgIpc) is 2.97. The molecule has 1 saturated heterocycles. The molecule has 0 spiro atoms. The van der Waals surface area contributed by atoms with Gasteiger partial charge in [-0.25, -0.2) is 0 Å². The zero-order chi connectivity index (χ0) is 14.4. The quantitative estimate of drug-likeness (QED) is 0.811. The summed E-state index contributed by atoms with van der Waals surface area (Å²) in [5.74, 6) is 0.625. The molecule has 1 aliphatic heterocycles. The van der Waals surface area contributed by atoms with E-state index in [0.717, 1.165) is 36.3 Å². The molecule has 0 aromatic heterocycles. The summed E-state index contributed by atoms with van der Waals surface area (Å²) in [5.41, 5.74) is 2.09. The Balaban J connectivity index is 1.98. The number of hydrogen-bond acceptors (Lipinski definition) is 3. The molecule has 1 atom stereocenters. The van der Waals surface area contributed by atoms with Gasteiger partial charge in [0.2, 0.25) is 5.91 Å². The summed E-state index contributed by atoms with van der Waals surface area (Å²) in [6.45, 7) is 7.28. The molecule has 1 fully saturated rings. The van der Waals surface area contributed by atoms with Gasteiger partial charge in [-0.15, -0.1) is 0 Å². The lowest BCUT2D eigenvalue weighted by Crippen LogP contribution is -2.21. The predicted octanol–water partition coefficient (Wildman–Crippen LogP) is 2.36. The van der Waals surface area contributed by atoms with Crippen molar-refractivity contribution in [2.45, 2.75) is 32.4 Å². The van der Waals surface area contributed by atoms with Crippen molar-refractivity contribution in [1.82, 2.24) is 5.32 Å². The third kappa shape index (κ3) is 4.10. The summed E-state index contributed by atoms with van der Waals surface area (Å²) in [6.07, 6.45) is 3.60. The Labute approximate surface area is 119 Å². The maximum atomic E-state index is 11.2. The number of nitrogens with one attached hydrogen (secondary N) is 1. The van der Waals surface area contributed by atoms with Crippen LogP contribution in [0.1, 0.15) is 24.0 Å². The maximum Gasteiger partial charge on any atom is 0.243 e.